The van der Waals surface area contributed by atoms with Gasteiger partial charge in [-0.2, -0.15) is 0 Å². The zero-order chi connectivity index (χ0) is 10.7. The Kier molecular flexibility index (Phi) is 3.49. The van der Waals surface area contributed by atoms with Crippen LogP contribution in [0.1, 0.15) is 13.3 Å². The van der Waals surface area contributed by atoms with E-state index < -0.39 is 0 Å². The van der Waals surface area contributed by atoms with Crippen LogP contribution in [0.2, 0.25) is 5.02 Å². The first-order valence-corrected chi connectivity index (χ1v) is 5.91. The minimum atomic E-state index is 0.644. The Bertz CT molecular complexity index is 310. The van der Waals surface area contributed by atoms with Gasteiger partial charge in [0.05, 0.1) is 0 Å². The van der Waals surface area contributed by atoms with E-state index in [4.69, 9.17) is 11.6 Å². The van der Waals surface area contributed by atoms with Crippen molar-refractivity contribution < 1.29 is 0 Å². The van der Waals surface area contributed by atoms with Crippen LogP contribution in [-0.2, 0) is 0 Å². The van der Waals surface area contributed by atoms with Crippen molar-refractivity contribution in [3.05, 3.63) is 29.3 Å². The largest absolute Gasteiger partial charge is 0.370 e. The van der Waals surface area contributed by atoms with Gasteiger partial charge in [0.2, 0.25) is 0 Å². The Labute approximate surface area is 96.2 Å². The number of likely N-dealkylation sites (N-methyl/N-ethyl adjacent to an activating group) is 1. The van der Waals surface area contributed by atoms with Crippen molar-refractivity contribution in [2.75, 3.05) is 24.5 Å². The number of benzene rings is 1. The predicted molar refractivity (Wildman–Crippen MR) is 65.7 cm³/mol. The van der Waals surface area contributed by atoms with Crippen molar-refractivity contribution >= 4 is 17.3 Å². The third-order valence-electron chi connectivity index (χ3n) is 2.87. The van der Waals surface area contributed by atoms with Crippen molar-refractivity contribution in [2.45, 2.75) is 19.4 Å². The summed E-state index contributed by atoms with van der Waals surface area (Å²) in [5.41, 5.74) is 1.28. The van der Waals surface area contributed by atoms with Gasteiger partial charge in [0.1, 0.15) is 0 Å². The Balaban J connectivity index is 1.98. The van der Waals surface area contributed by atoms with Gasteiger partial charge in [-0.25, -0.2) is 0 Å². The van der Waals surface area contributed by atoms with E-state index in [0.717, 1.165) is 24.7 Å². The second-order valence-corrected chi connectivity index (χ2v) is 4.40. The smallest absolute Gasteiger partial charge is 0.0407 e. The highest BCUT2D eigenvalue weighted by Crippen LogP contribution is 2.22. The molecule has 1 aromatic carbocycles. The number of halogens is 1. The SMILES string of the molecule is CCNC1CCN(c2ccc(Cl)cc2)C1. The highest BCUT2D eigenvalue weighted by Gasteiger charge is 2.21. The molecule has 82 valence electrons. The van der Waals surface area contributed by atoms with Gasteiger partial charge in [-0.05, 0) is 37.2 Å². The molecule has 1 aliphatic rings. The fourth-order valence-electron chi connectivity index (χ4n) is 2.10. The number of rotatable bonds is 3. The van der Waals surface area contributed by atoms with E-state index >= 15 is 0 Å². The van der Waals surface area contributed by atoms with E-state index in [1.807, 2.05) is 12.1 Å². The average molecular weight is 225 g/mol. The third kappa shape index (κ3) is 2.64. The summed E-state index contributed by atoms with van der Waals surface area (Å²) in [5.74, 6) is 0. The highest BCUT2D eigenvalue weighted by atomic mass is 35.5. The first kappa shape index (κ1) is 10.8. The number of nitrogens with one attached hydrogen (secondary N) is 1. The molecule has 0 aliphatic carbocycles. The molecule has 3 heteroatoms. The van der Waals surface area contributed by atoms with Gasteiger partial charge in [-0.15, -0.1) is 0 Å². The maximum Gasteiger partial charge on any atom is 0.0407 e. The monoisotopic (exact) mass is 224 g/mol. The average Bonchev–Trinajstić information content (AvgIpc) is 2.68. The number of hydrogen-bond donors (Lipinski definition) is 1. The zero-order valence-corrected chi connectivity index (χ0v) is 9.80. The van der Waals surface area contributed by atoms with Crippen LogP contribution in [0, 0.1) is 0 Å². The van der Waals surface area contributed by atoms with Gasteiger partial charge >= 0.3 is 0 Å². The van der Waals surface area contributed by atoms with Gasteiger partial charge in [0.15, 0.2) is 0 Å². The van der Waals surface area contributed by atoms with Crippen LogP contribution in [0.4, 0.5) is 5.69 Å². The Hall–Kier alpha value is -0.730. The highest BCUT2D eigenvalue weighted by molar-refractivity contribution is 6.30. The number of anilines is 1. The molecular formula is C12H17ClN2. The van der Waals surface area contributed by atoms with Crippen LogP contribution < -0.4 is 10.2 Å². The lowest BCUT2D eigenvalue weighted by molar-refractivity contribution is 0.572. The summed E-state index contributed by atoms with van der Waals surface area (Å²) in [5, 5.41) is 4.29. The first-order chi connectivity index (χ1) is 7.29. The standard InChI is InChI=1S/C12H17ClN2/c1-2-14-11-7-8-15(9-11)12-5-3-10(13)4-6-12/h3-6,11,14H,2,7-9H2,1H3. The van der Waals surface area contributed by atoms with Crippen LogP contribution in [0.25, 0.3) is 0 Å². The van der Waals surface area contributed by atoms with E-state index in [0.29, 0.717) is 6.04 Å². The van der Waals surface area contributed by atoms with Gasteiger partial charge in [0.25, 0.3) is 0 Å². The topological polar surface area (TPSA) is 15.3 Å². The summed E-state index contributed by atoms with van der Waals surface area (Å²) in [6.07, 6.45) is 1.23. The molecule has 1 unspecified atom stereocenters. The molecule has 0 spiro atoms. The molecule has 1 atom stereocenters. The maximum atomic E-state index is 5.87. The molecule has 1 saturated heterocycles. The summed E-state index contributed by atoms with van der Waals surface area (Å²) in [6, 6.07) is 8.74. The summed E-state index contributed by atoms with van der Waals surface area (Å²) in [7, 11) is 0. The lowest BCUT2D eigenvalue weighted by Gasteiger charge is -2.18. The lowest BCUT2D eigenvalue weighted by Crippen LogP contribution is -2.32. The molecular weight excluding hydrogens is 208 g/mol. The van der Waals surface area contributed by atoms with E-state index in [1.165, 1.54) is 12.1 Å². The second-order valence-electron chi connectivity index (χ2n) is 3.97. The summed E-state index contributed by atoms with van der Waals surface area (Å²) < 4.78 is 0. The van der Waals surface area contributed by atoms with E-state index in [1.54, 1.807) is 0 Å². The molecule has 1 fully saturated rings. The van der Waals surface area contributed by atoms with Crippen molar-refractivity contribution in [1.29, 1.82) is 0 Å². The molecule has 0 amide bonds. The molecule has 0 saturated carbocycles. The van der Waals surface area contributed by atoms with Gasteiger partial charge in [-0.1, -0.05) is 18.5 Å². The van der Waals surface area contributed by atoms with Crippen LogP contribution in [0.3, 0.4) is 0 Å². The molecule has 1 aromatic rings. The zero-order valence-electron chi connectivity index (χ0n) is 9.04. The Morgan fingerprint density at radius 3 is 2.80 bits per heavy atom. The Morgan fingerprint density at radius 1 is 1.40 bits per heavy atom. The van der Waals surface area contributed by atoms with E-state index in [2.05, 4.69) is 29.3 Å². The molecule has 0 radical (unpaired) electrons. The van der Waals surface area contributed by atoms with Gasteiger partial charge in [0, 0.05) is 29.8 Å². The lowest BCUT2D eigenvalue weighted by atomic mass is 10.2. The molecule has 2 nitrogen and oxygen atoms in total. The van der Waals surface area contributed by atoms with Gasteiger partial charge in [-0.3, -0.25) is 0 Å². The van der Waals surface area contributed by atoms with E-state index in [9.17, 15) is 0 Å². The first-order valence-electron chi connectivity index (χ1n) is 5.53. The van der Waals surface area contributed by atoms with Crippen LogP contribution >= 0.6 is 11.6 Å². The quantitative estimate of drug-likeness (QED) is 0.849. The maximum absolute atomic E-state index is 5.87. The second kappa shape index (κ2) is 4.86. The van der Waals surface area contributed by atoms with Crippen molar-refractivity contribution in [3.8, 4) is 0 Å². The number of nitrogens with zero attached hydrogens (tertiary/aromatic N) is 1. The summed E-state index contributed by atoms with van der Waals surface area (Å²) in [4.78, 5) is 2.41. The third-order valence-corrected chi connectivity index (χ3v) is 3.12. The van der Waals surface area contributed by atoms with Crippen molar-refractivity contribution in [2.24, 2.45) is 0 Å². The summed E-state index contributed by atoms with van der Waals surface area (Å²) >= 11 is 5.87. The number of hydrogen-bond acceptors (Lipinski definition) is 2. The van der Waals surface area contributed by atoms with Crippen LogP contribution in [-0.4, -0.2) is 25.7 Å². The van der Waals surface area contributed by atoms with Gasteiger partial charge < -0.3 is 10.2 Å². The minimum absolute atomic E-state index is 0.644. The van der Waals surface area contributed by atoms with Crippen LogP contribution in [0.15, 0.2) is 24.3 Å². The molecule has 15 heavy (non-hydrogen) atoms. The molecule has 0 bridgehead atoms. The van der Waals surface area contributed by atoms with Crippen molar-refractivity contribution in [3.63, 3.8) is 0 Å². The predicted octanol–water partition coefficient (Wildman–Crippen LogP) is 2.53. The molecule has 1 aliphatic heterocycles. The normalized spacial score (nSPS) is 20.9. The van der Waals surface area contributed by atoms with E-state index in [-0.39, 0.29) is 0 Å². The fraction of sp³-hybridized carbons (Fsp3) is 0.500. The minimum Gasteiger partial charge on any atom is -0.370 e. The van der Waals surface area contributed by atoms with Crippen molar-refractivity contribution in [1.82, 2.24) is 5.32 Å². The summed E-state index contributed by atoms with van der Waals surface area (Å²) in [6.45, 7) is 5.46. The fourth-order valence-corrected chi connectivity index (χ4v) is 2.23. The van der Waals surface area contributed by atoms with Crippen LogP contribution in [0.5, 0.6) is 0 Å². The molecule has 1 N–H and O–H groups in total. The Morgan fingerprint density at radius 2 is 2.13 bits per heavy atom. The molecule has 0 aromatic heterocycles. The molecule has 2 rings (SSSR count). The molecule has 1 heterocycles.